The highest BCUT2D eigenvalue weighted by molar-refractivity contribution is 4.55. The minimum absolute atomic E-state index is 0.446. The molecule has 0 radical (unpaired) electrons. The molecule has 0 aliphatic rings. The van der Waals surface area contributed by atoms with Gasteiger partial charge >= 0.3 is 0 Å². The lowest BCUT2D eigenvalue weighted by molar-refractivity contribution is -0.0551. The fourth-order valence-electron chi connectivity index (χ4n) is 1.75. The zero-order valence-corrected chi connectivity index (χ0v) is 9.71. The number of hydrogen-bond acceptors (Lipinski definition) is 2. The topological polar surface area (TPSA) is 40.5 Å². The van der Waals surface area contributed by atoms with Gasteiger partial charge in [0.05, 0.1) is 0 Å². The van der Waals surface area contributed by atoms with Crippen LogP contribution >= 0.6 is 0 Å². The smallest absolute Gasteiger partial charge is 0.151 e. The van der Waals surface area contributed by atoms with Crippen LogP contribution in [0.3, 0.4) is 0 Å². The Labute approximate surface area is 88.3 Å². The maximum Gasteiger partial charge on any atom is 0.151 e. The molecular formula is C12H26O2. The molecule has 0 spiro atoms. The van der Waals surface area contributed by atoms with Gasteiger partial charge in [-0.15, -0.1) is 0 Å². The summed E-state index contributed by atoms with van der Waals surface area (Å²) in [4.78, 5) is 0. The van der Waals surface area contributed by atoms with Crippen molar-refractivity contribution >= 4 is 0 Å². The fraction of sp³-hybridized carbons (Fsp3) is 1.00. The SMILES string of the molecule is CCCCCCCCC(C)CC(O)O. The molecule has 2 nitrogen and oxygen atoms in total. The molecule has 2 N–H and O–H groups in total. The monoisotopic (exact) mass is 202 g/mol. The molecule has 1 atom stereocenters. The lowest BCUT2D eigenvalue weighted by atomic mass is 9.99. The minimum atomic E-state index is -1.12. The Hall–Kier alpha value is -0.0800. The zero-order valence-electron chi connectivity index (χ0n) is 9.71. The second-order valence-corrected chi connectivity index (χ2v) is 4.38. The Balaban J connectivity index is 3.10. The van der Waals surface area contributed by atoms with Crippen molar-refractivity contribution in [2.75, 3.05) is 0 Å². The van der Waals surface area contributed by atoms with Crippen LogP contribution in [0.1, 0.15) is 65.2 Å². The first-order valence-electron chi connectivity index (χ1n) is 6.03. The van der Waals surface area contributed by atoms with Gasteiger partial charge in [-0.1, -0.05) is 58.8 Å². The van der Waals surface area contributed by atoms with Crippen molar-refractivity contribution in [3.63, 3.8) is 0 Å². The van der Waals surface area contributed by atoms with Crippen molar-refractivity contribution in [2.24, 2.45) is 5.92 Å². The van der Waals surface area contributed by atoms with Gasteiger partial charge in [-0.05, 0) is 5.92 Å². The van der Waals surface area contributed by atoms with E-state index >= 15 is 0 Å². The molecule has 0 aliphatic heterocycles. The number of aliphatic hydroxyl groups excluding tert-OH is 1. The normalized spacial score (nSPS) is 13.5. The summed E-state index contributed by atoms with van der Waals surface area (Å²) >= 11 is 0. The third kappa shape index (κ3) is 10.0. The van der Waals surface area contributed by atoms with Crippen LogP contribution in [-0.4, -0.2) is 16.5 Å². The molecule has 0 aromatic heterocycles. The molecule has 0 amide bonds. The van der Waals surface area contributed by atoms with Gasteiger partial charge in [0.2, 0.25) is 0 Å². The number of hydrogen-bond donors (Lipinski definition) is 2. The van der Waals surface area contributed by atoms with Crippen molar-refractivity contribution < 1.29 is 10.2 Å². The van der Waals surface area contributed by atoms with E-state index < -0.39 is 6.29 Å². The number of aliphatic hydroxyl groups is 2. The second-order valence-electron chi connectivity index (χ2n) is 4.38. The summed E-state index contributed by atoms with van der Waals surface area (Å²) in [7, 11) is 0. The van der Waals surface area contributed by atoms with Gasteiger partial charge < -0.3 is 10.2 Å². The maximum atomic E-state index is 8.75. The van der Waals surface area contributed by atoms with Crippen molar-refractivity contribution in [1.82, 2.24) is 0 Å². The molecule has 2 heteroatoms. The van der Waals surface area contributed by atoms with Crippen molar-refractivity contribution in [3.8, 4) is 0 Å². The van der Waals surface area contributed by atoms with Gasteiger partial charge in [0.15, 0.2) is 6.29 Å². The first-order chi connectivity index (χ1) is 6.66. The molecule has 0 saturated heterocycles. The molecule has 0 aromatic rings. The quantitative estimate of drug-likeness (QED) is 0.445. The Kier molecular flexibility index (Phi) is 9.42. The summed E-state index contributed by atoms with van der Waals surface area (Å²) in [6.45, 7) is 4.32. The molecule has 0 bridgehead atoms. The standard InChI is InChI=1S/C12H26O2/c1-3-4-5-6-7-8-9-11(2)10-12(13)14/h11-14H,3-10H2,1-2H3. The molecule has 0 heterocycles. The van der Waals surface area contributed by atoms with Crippen molar-refractivity contribution in [1.29, 1.82) is 0 Å². The Morgan fingerprint density at radius 2 is 1.50 bits per heavy atom. The van der Waals surface area contributed by atoms with Crippen LogP contribution in [0.4, 0.5) is 0 Å². The van der Waals surface area contributed by atoms with Crippen molar-refractivity contribution in [2.45, 2.75) is 71.5 Å². The third-order valence-corrected chi connectivity index (χ3v) is 2.66. The Morgan fingerprint density at radius 1 is 0.929 bits per heavy atom. The van der Waals surface area contributed by atoms with Crippen LogP contribution in [0.2, 0.25) is 0 Å². The molecule has 0 fully saturated rings. The molecule has 1 unspecified atom stereocenters. The summed E-state index contributed by atoms with van der Waals surface area (Å²) in [5, 5.41) is 17.5. The molecule has 0 saturated carbocycles. The van der Waals surface area contributed by atoms with E-state index in [1.165, 1.54) is 38.5 Å². The van der Waals surface area contributed by atoms with Crippen LogP contribution in [0.15, 0.2) is 0 Å². The van der Waals surface area contributed by atoms with Crippen LogP contribution < -0.4 is 0 Å². The first kappa shape index (κ1) is 13.9. The third-order valence-electron chi connectivity index (χ3n) is 2.66. The van der Waals surface area contributed by atoms with Gasteiger partial charge in [-0.25, -0.2) is 0 Å². The van der Waals surface area contributed by atoms with E-state index in [0.29, 0.717) is 12.3 Å². The van der Waals surface area contributed by atoms with E-state index in [1.807, 2.05) is 0 Å². The lowest BCUT2D eigenvalue weighted by Gasteiger charge is -2.11. The summed E-state index contributed by atoms with van der Waals surface area (Å²) < 4.78 is 0. The highest BCUT2D eigenvalue weighted by Crippen LogP contribution is 2.15. The van der Waals surface area contributed by atoms with Gasteiger partial charge in [0, 0.05) is 6.42 Å². The highest BCUT2D eigenvalue weighted by atomic mass is 16.5. The van der Waals surface area contributed by atoms with Gasteiger partial charge in [0.1, 0.15) is 0 Å². The van der Waals surface area contributed by atoms with Crippen LogP contribution in [-0.2, 0) is 0 Å². The molecule has 0 aromatic carbocycles. The van der Waals surface area contributed by atoms with Crippen LogP contribution in [0, 0.1) is 5.92 Å². The molecule has 86 valence electrons. The van der Waals surface area contributed by atoms with E-state index in [9.17, 15) is 0 Å². The van der Waals surface area contributed by atoms with Crippen molar-refractivity contribution in [3.05, 3.63) is 0 Å². The summed E-state index contributed by atoms with van der Waals surface area (Å²) in [6, 6.07) is 0. The highest BCUT2D eigenvalue weighted by Gasteiger charge is 2.06. The van der Waals surface area contributed by atoms with Gasteiger partial charge in [0.25, 0.3) is 0 Å². The summed E-state index contributed by atoms with van der Waals surface area (Å²) in [5.41, 5.74) is 0. The maximum absolute atomic E-state index is 8.75. The second kappa shape index (κ2) is 9.47. The fourth-order valence-corrected chi connectivity index (χ4v) is 1.75. The average Bonchev–Trinajstić information content (AvgIpc) is 2.10. The Bertz CT molecular complexity index is 113. The van der Waals surface area contributed by atoms with Gasteiger partial charge in [-0.2, -0.15) is 0 Å². The van der Waals surface area contributed by atoms with E-state index in [4.69, 9.17) is 10.2 Å². The Morgan fingerprint density at radius 3 is 2.07 bits per heavy atom. The predicted octanol–water partition coefficient (Wildman–Crippen LogP) is 3.07. The minimum Gasteiger partial charge on any atom is -0.368 e. The first-order valence-corrected chi connectivity index (χ1v) is 6.03. The van der Waals surface area contributed by atoms with Crippen LogP contribution in [0.25, 0.3) is 0 Å². The van der Waals surface area contributed by atoms with Gasteiger partial charge in [-0.3, -0.25) is 0 Å². The zero-order chi connectivity index (χ0) is 10.8. The number of unbranched alkanes of at least 4 members (excludes halogenated alkanes) is 5. The predicted molar refractivity (Wildman–Crippen MR) is 60.0 cm³/mol. The average molecular weight is 202 g/mol. The largest absolute Gasteiger partial charge is 0.368 e. The molecule has 0 rings (SSSR count). The molecular weight excluding hydrogens is 176 g/mol. The molecule has 14 heavy (non-hydrogen) atoms. The van der Waals surface area contributed by atoms with E-state index in [0.717, 1.165) is 6.42 Å². The number of rotatable bonds is 9. The van der Waals surface area contributed by atoms with E-state index in [1.54, 1.807) is 0 Å². The lowest BCUT2D eigenvalue weighted by Crippen LogP contribution is -2.10. The van der Waals surface area contributed by atoms with E-state index in [2.05, 4.69) is 13.8 Å². The van der Waals surface area contributed by atoms with Crippen LogP contribution in [0.5, 0.6) is 0 Å². The van der Waals surface area contributed by atoms with E-state index in [-0.39, 0.29) is 0 Å². The molecule has 0 aliphatic carbocycles. The summed E-state index contributed by atoms with van der Waals surface area (Å²) in [6.07, 6.45) is 8.40. The summed E-state index contributed by atoms with van der Waals surface area (Å²) in [5.74, 6) is 0.446.